The van der Waals surface area contributed by atoms with Gasteiger partial charge in [-0.2, -0.15) is 0 Å². The van der Waals surface area contributed by atoms with Crippen LogP contribution < -0.4 is 11.1 Å². The summed E-state index contributed by atoms with van der Waals surface area (Å²) in [6.07, 6.45) is 0.475. The smallest absolute Gasteiger partial charge is 0.285 e. The zero-order chi connectivity index (χ0) is 13.7. The molecule has 0 saturated carbocycles. The molecule has 0 unspecified atom stereocenters. The fourth-order valence-corrected chi connectivity index (χ4v) is 1.27. The molecular weight excluding hydrogens is 248 g/mol. The summed E-state index contributed by atoms with van der Waals surface area (Å²) in [5.41, 5.74) is 3.91. The van der Waals surface area contributed by atoms with Crippen molar-refractivity contribution in [2.24, 2.45) is 5.73 Å². The number of nitro benzene ring substituents is 1. The first kappa shape index (κ1) is 14.0. The molecule has 1 amide bonds. The average Bonchev–Trinajstić information content (AvgIpc) is 2.32. The lowest BCUT2D eigenvalue weighted by molar-refractivity contribution is -0.385. The van der Waals surface area contributed by atoms with Gasteiger partial charge in [0.2, 0.25) is 0 Å². The van der Waals surface area contributed by atoms with E-state index in [1.54, 1.807) is 0 Å². The van der Waals surface area contributed by atoms with Gasteiger partial charge in [0.1, 0.15) is 5.56 Å². The van der Waals surface area contributed by atoms with E-state index < -0.39 is 33.7 Å². The van der Waals surface area contributed by atoms with E-state index in [0.717, 1.165) is 0 Å². The Morgan fingerprint density at radius 3 is 2.56 bits per heavy atom. The van der Waals surface area contributed by atoms with Crippen LogP contribution in [-0.2, 0) is 0 Å². The molecule has 1 aromatic rings. The fourth-order valence-electron chi connectivity index (χ4n) is 1.27. The molecule has 18 heavy (non-hydrogen) atoms. The van der Waals surface area contributed by atoms with Gasteiger partial charge in [0.15, 0.2) is 11.6 Å². The second-order valence-corrected chi connectivity index (χ2v) is 3.44. The third-order valence-electron chi connectivity index (χ3n) is 2.15. The van der Waals surface area contributed by atoms with Crippen LogP contribution in [0, 0.1) is 21.7 Å². The zero-order valence-corrected chi connectivity index (χ0v) is 9.28. The Morgan fingerprint density at radius 2 is 2.00 bits per heavy atom. The number of nitrogens with two attached hydrogens (primary N) is 1. The second kappa shape index (κ2) is 6.01. The fraction of sp³-hybridized carbons (Fsp3) is 0.300. The van der Waals surface area contributed by atoms with Gasteiger partial charge in [-0.1, -0.05) is 0 Å². The second-order valence-electron chi connectivity index (χ2n) is 3.44. The number of hydrogen-bond donors (Lipinski definition) is 2. The number of rotatable bonds is 5. The summed E-state index contributed by atoms with van der Waals surface area (Å²) < 4.78 is 25.8. The number of hydrogen-bond acceptors (Lipinski definition) is 4. The molecule has 0 spiro atoms. The van der Waals surface area contributed by atoms with Gasteiger partial charge in [-0.15, -0.1) is 0 Å². The summed E-state index contributed by atoms with van der Waals surface area (Å²) in [6, 6.07) is 0.887. The molecule has 0 aliphatic rings. The highest BCUT2D eigenvalue weighted by atomic mass is 19.2. The van der Waals surface area contributed by atoms with Gasteiger partial charge in [-0.05, 0) is 19.0 Å². The summed E-state index contributed by atoms with van der Waals surface area (Å²) in [5, 5.41) is 13.0. The topological polar surface area (TPSA) is 98.3 Å². The van der Waals surface area contributed by atoms with Crippen molar-refractivity contribution in [3.05, 3.63) is 39.4 Å². The Bertz CT molecular complexity index is 480. The molecule has 0 aliphatic carbocycles. The van der Waals surface area contributed by atoms with Crippen molar-refractivity contribution in [3.63, 3.8) is 0 Å². The highest BCUT2D eigenvalue weighted by Gasteiger charge is 2.23. The molecular formula is C10H11F2N3O3. The molecule has 0 aromatic heterocycles. The van der Waals surface area contributed by atoms with Crippen molar-refractivity contribution >= 4 is 11.6 Å². The van der Waals surface area contributed by atoms with Crippen molar-refractivity contribution in [2.75, 3.05) is 13.1 Å². The molecule has 0 radical (unpaired) electrons. The quantitative estimate of drug-likeness (QED) is 0.467. The van der Waals surface area contributed by atoms with Crippen LogP contribution in [0.5, 0.6) is 0 Å². The van der Waals surface area contributed by atoms with E-state index >= 15 is 0 Å². The molecule has 0 aliphatic heterocycles. The Morgan fingerprint density at radius 1 is 1.39 bits per heavy atom. The van der Waals surface area contributed by atoms with Crippen LogP contribution in [0.15, 0.2) is 12.1 Å². The highest BCUT2D eigenvalue weighted by Crippen LogP contribution is 2.22. The van der Waals surface area contributed by atoms with Gasteiger partial charge in [-0.3, -0.25) is 14.9 Å². The van der Waals surface area contributed by atoms with Crippen LogP contribution in [0.4, 0.5) is 14.5 Å². The maximum absolute atomic E-state index is 13.0. The van der Waals surface area contributed by atoms with Gasteiger partial charge in [-0.25, -0.2) is 8.78 Å². The molecule has 98 valence electrons. The first-order valence-corrected chi connectivity index (χ1v) is 5.09. The van der Waals surface area contributed by atoms with Crippen LogP contribution in [0.2, 0.25) is 0 Å². The minimum atomic E-state index is -1.37. The summed E-state index contributed by atoms with van der Waals surface area (Å²) in [6.45, 7) is 0.533. The maximum Gasteiger partial charge on any atom is 0.285 e. The Hall–Kier alpha value is -2.09. The first-order valence-electron chi connectivity index (χ1n) is 5.09. The molecule has 6 nitrogen and oxygen atoms in total. The Labute approximate surface area is 101 Å². The number of nitrogens with one attached hydrogen (secondary N) is 1. The lowest BCUT2D eigenvalue weighted by atomic mass is 10.1. The van der Waals surface area contributed by atoms with Crippen LogP contribution in [0.1, 0.15) is 16.8 Å². The van der Waals surface area contributed by atoms with Crippen LogP contribution in [0.25, 0.3) is 0 Å². The van der Waals surface area contributed by atoms with E-state index in [2.05, 4.69) is 5.32 Å². The van der Waals surface area contributed by atoms with E-state index in [1.165, 1.54) is 0 Å². The number of benzene rings is 1. The SMILES string of the molecule is NCCCNC(=O)c1cc(F)c(F)cc1[N+](=O)[O-]. The van der Waals surface area contributed by atoms with Gasteiger partial charge in [0.05, 0.1) is 11.0 Å². The normalized spacial score (nSPS) is 10.2. The number of nitro groups is 1. The van der Waals surface area contributed by atoms with Crippen molar-refractivity contribution in [3.8, 4) is 0 Å². The van der Waals surface area contributed by atoms with Gasteiger partial charge in [0, 0.05) is 6.54 Å². The number of nitrogens with zero attached hydrogens (tertiary/aromatic N) is 1. The van der Waals surface area contributed by atoms with E-state index in [9.17, 15) is 23.7 Å². The maximum atomic E-state index is 13.0. The predicted octanol–water partition coefficient (Wildman–Crippen LogP) is 0.952. The lowest BCUT2D eigenvalue weighted by Gasteiger charge is -2.05. The van der Waals surface area contributed by atoms with E-state index in [0.29, 0.717) is 25.1 Å². The monoisotopic (exact) mass is 259 g/mol. The average molecular weight is 259 g/mol. The molecule has 0 atom stereocenters. The van der Waals surface area contributed by atoms with Gasteiger partial charge >= 0.3 is 0 Å². The molecule has 0 fully saturated rings. The van der Waals surface area contributed by atoms with Crippen molar-refractivity contribution < 1.29 is 18.5 Å². The summed E-state index contributed by atoms with van der Waals surface area (Å²) in [4.78, 5) is 21.3. The predicted molar refractivity (Wildman–Crippen MR) is 59.0 cm³/mol. The van der Waals surface area contributed by atoms with Crippen molar-refractivity contribution in [2.45, 2.75) is 6.42 Å². The Kier molecular flexibility index (Phi) is 4.67. The van der Waals surface area contributed by atoms with Gasteiger partial charge < -0.3 is 11.1 Å². The minimum absolute atomic E-state index is 0.200. The number of carbonyl (C=O) groups is 1. The molecule has 8 heteroatoms. The van der Waals surface area contributed by atoms with Gasteiger partial charge in [0.25, 0.3) is 11.6 Å². The number of carbonyl (C=O) groups excluding carboxylic acids is 1. The van der Waals surface area contributed by atoms with Crippen molar-refractivity contribution in [1.29, 1.82) is 0 Å². The molecule has 3 N–H and O–H groups in total. The van der Waals surface area contributed by atoms with Crippen LogP contribution >= 0.6 is 0 Å². The van der Waals surface area contributed by atoms with E-state index in [4.69, 9.17) is 5.73 Å². The number of halogens is 2. The summed E-state index contributed by atoms with van der Waals surface area (Å²) >= 11 is 0. The van der Waals surface area contributed by atoms with Crippen molar-refractivity contribution in [1.82, 2.24) is 5.32 Å². The largest absolute Gasteiger partial charge is 0.352 e. The highest BCUT2D eigenvalue weighted by molar-refractivity contribution is 5.98. The standard InChI is InChI=1S/C10H11F2N3O3/c11-7-4-6(10(16)14-3-1-2-13)9(15(17)18)5-8(7)12/h4-5H,1-3,13H2,(H,14,16). The third-order valence-corrected chi connectivity index (χ3v) is 2.15. The molecule has 1 aromatic carbocycles. The minimum Gasteiger partial charge on any atom is -0.352 e. The Balaban J connectivity index is 3.02. The molecule has 1 rings (SSSR count). The lowest BCUT2D eigenvalue weighted by Crippen LogP contribution is -2.26. The zero-order valence-electron chi connectivity index (χ0n) is 9.28. The summed E-state index contributed by atoms with van der Waals surface area (Å²) in [7, 11) is 0. The van der Waals surface area contributed by atoms with E-state index in [1.807, 2.05) is 0 Å². The van der Waals surface area contributed by atoms with Crippen LogP contribution in [0.3, 0.4) is 0 Å². The molecule has 0 bridgehead atoms. The summed E-state index contributed by atoms with van der Waals surface area (Å²) in [5.74, 6) is -3.53. The first-order chi connectivity index (χ1) is 8.47. The number of amides is 1. The third kappa shape index (κ3) is 3.20. The van der Waals surface area contributed by atoms with E-state index in [-0.39, 0.29) is 6.54 Å². The van der Waals surface area contributed by atoms with Crippen LogP contribution in [-0.4, -0.2) is 23.9 Å². The molecule has 0 heterocycles. The molecule has 0 saturated heterocycles.